The predicted octanol–water partition coefficient (Wildman–Crippen LogP) is 5.50. The Balaban J connectivity index is 1.26. The number of piperidine rings is 1. The van der Waals surface area contributed by atoms with Crippen molar-refractivity contribution < 1.29 is 42.6 Å². The molecule has 0 radical (unpaired) electrons. The van der Waals surface area contributed by atoms with Crippen LogP contribution in [0.25, 0.3) is 0 Å². The van der Waals surface area contributed by atoms with Gasteiger partial charge in [-0.1, -0.05) is 30.3 Å². The number of nitrogens with zero attached hydrogens (tertiary/aromatic N) is 4. The van der Waals surface area contributed by atoms with Crippen molar-refractivity contribution in [3.63, 3.8) is 0 Å². The van der Waals surface area contributed by atoms with Crippen LogP contribution in [0, 0.1) is 20.2 Å². The fraction of sp³-hybridized carbons (Fsp3) is 0.394. The summed E-state index contributed by atoms with van der Waals surface area (Å²) in [6, 6.07) is 22.6. The number of benzene rings is 3. The van der Waals surface area contributed by atoms with Gasteiger partial charge in [0.15, 0.2) is 6.54 Å². The van der Waals surface area contributed by atoms with Crippen molar-refractivity contribution in [2.75, 3.05) is 46.6 Å². The Labute approximate surface area is 267 Å². The highest BCUT2D eigenvalue weighted by atomic mass is 16.8. The van der Waals surface area contributed by atoms with Gasteiger partial charge in [-0.25, -0.2) is 9.59 Å². The molecule has 0 spiro atoms. The molecule has 0 bridgehead atoms. The molecule has 46 heavy (non-hydrogen) atoms. The number of quaternary nitrogens is 2. The Bertz CT molecular complexity index is 1480. The molecule has 4 rings (SSSR count). The van der Waals surface area contributed by atoms with Crippen LogP contribution < -0.4 is 0 Å². The van der Waals surface area contributed by atoms with E-state index in [0.29, 0.717) is 35.1 Å². The van der Waals surface area contributed by atoms with E-state index in [2.05, 4.69) is 0 Å². The first-order valence-electron chi connectivity index (χ1n) is 15.2. The summed E-state index contributed by atoms with van der Waals surface area (Å²) >= 11 is 0. The number of hydrogen-bond donors (Lipinski definition) is 0. The summed E-state index contributed by atoms with van der Waals surface area (Å²) in [5.41, 5.74) is 2.92. The molecule has 1 aliphatic rings. The fourth-order valence-corrected chi connectivity index (χ4v) is 5.92. The average molecular weight is 637 g/mol. The number of nitro groups is 2. The number of esters is 1. The number of rotatable bonds is 15. The van der Waals surface area contributed by atoms with Gasteiger partial charge in [0.1, 0.15) is 32.8 Å². The Hall–Kier alpha value is -4.88. The van der Waals surface area contributed by atoms with E-state index < -0.39 is 28.8 Å². The van der Waals surface area contributed by atoms with Crippen LogP contribution in [0.2, 0.25) is 0 Å². The van der Waals surface area contributed by atoms with Crippen LogP contribution in [0.5, 0.6) is 0 Å². The molecule has 13 nitrogen and oxygen atoms in total. The Morgan fingerprint density at radius 1 is 0.739 bits per heavy atom. The maximum absolute atomic E-state index is 12.8. The van der Waals surface area contributed by atoms with Crippen LogP contribution in [-0.2, 0) is 38.6 Å². The number of carbonyl (C=O) groups excluding carboxylic acids is 2. The van der Waals surface area contributed by atoms with Crippen molar-refractivity contribution in [1.29, 1.82) is 0 Å². The zero-order valence-corrected chi connectivity index (χ0v) is 26.0. The van der Waals surface area contributed by atoms with E-state index in [1.54, 1.807) is 24.3 Å². The molecule has 1 saturated heterocycles. The SMILES string of the molecule is C[N+](CCOC(=O)OCOC(=O)C[N+]1(Cc2ccc([N+](=O)[O-])cc2)CCCCC1)(Cc1ccccc1)Cc1ccc([N+](=O)[O-])cc1. The van der Waals surface area contributed by atoms with Crippen LogP contribution in [-0.4, -0.2) is 77.6 Å². The average Bonchev–Trinajstić information content (AvgIpc) is 3.02. The van der Waals surface area contributed by atoms with Gasteiger partial charge in [0, 0.05) is 41.0 Å². The summed E-state index contributed by atoms with van der Waals surface area (Å²) < 4.78 is 16.5. The maximum atomic E-state index is 12.8. The van der Waals surface area contributed by atoms with E-state index in [4.69, 9.17) is 14.2 Å². The Kier molecular flexibility index (Phi) is 11.8. The van der Waals surface area contributed by atoms with Gasteiger partial charge in [-0.2, -0.15) is 0 Å². The number of likely N-dealkylation sites (tertiary alicyclic amines) is 1. The van der Waals surface area contributed by atoms with Crippen LogP contribution in [0.4, 0.5) is 16.2 Å². The van der Waals surface area contributed by atoms with Gasteiger partial charge >= 0.3 is 12.1 Å². The van der Waals surface area contributed by atoms with Gasteiger partial charge in [0.05, 0.1) is 30.0 Å². The van der Waals surface area contributed by atoms with Crippen molar-refractivity contribution >= 4 is 23.5 Å². The quantitative estimate of drug-likeness (QED) is 0.0693. The molecule has 13 heteroatoms. The number of non-ortho nitro benzene ring substituents is 2. The first kappa shape index (κ1) is 34.0. The van der Waals surface area contributed by atoms with E-state index in [-0.39, 0.29) is 24.5 Å². The predicted molar refractivity (Wildman–Crippen MR) is 167 cm³/mol. The van der Waals surface area contributed by atoms with Gasteiger partial charge < -0.3 is 23.2 Å². The molecule has 0 saturated carbocycles. The van der Waals surface area contributed by atoms with Gasteiger partial charge in [0.2, 0.25) is 6.79 Å². The second-order valence-corrected chi connectivity index (χ2v) is 12.0. The first-order valence-corrected chi connectivity index (χ1v) is 15.2. The van der Waals surface area contributed by atoms with E-state index >= 15 is 0 Å². The fourth-order valence-electron chi connectivity index (χ4n) is 5.92. The van der Waals surface area contributed by atoms with E-state index in [1.165, 1.54) is 24.3 Å². The number of carbonyl (C=O) groups is 2. The smallest absolute Gasteiger partial charge is 0.428 e. The normalized spacial score (nSPS) is 15.2. The lowest BCUT2D eigenvalue weighted by Crippen LogP contribution is -2.53. The number of hydrogen-bond acceptors (Lipinski definition) is 9. The van der Waals surface area contributed by atoms with Crippen molar-refractivity contribution in [2.45, 2.75) is 38.9 Å². The summed E-state index contributed by atoms with van der Waals surface area (Å²) in [6.45, 7) is 3.25. The highest BCUT2D eigenvalue weighted by Crippen LogP contribution is 2.24. The van der Waals surface area contributed by atoms with Crippen molar-refractivity contribution in [3.05, 3.63) is 116 Å². The number of nitro benzene ring substituents is 2. The molecule has 1 atom stereocenters. The highest BCUT2D eigenvalue weighted by Gasteiger charge is 2.34. The molecule has 0 aliphatic carbocycles. The van der Waals surface area contributed by atoms with Crippen molar-refractivity contribution in [1.82, 2.24) is 0 Å². The third-order valence-corrected chi connectivity index (χ3v) is 8.26. The minimum Gasteiger partial charge on any atom is -0.428 e. The minimum absolute atomic E-state index is 0.0154. The molecule has 1 heterocycles. The van der Waals surface area contributed by atoms with Gasteiger partial charge in [-0.05, 0) is 43.5 Å². The molecule has 1 aliphatic heterocycles. The van der Waals surface area contributed by atoms with E-state index in [0.717, 1.165) is 49.0 Å². The highest BCUT2D eigenvalue weighted by molar-refractivity contribution is 5.70. The molecular formula is C33H40N4O9+2. The lowest BCUT2D eigenvalue weighted by atomic mass is 10.0. The third kappa shape index (κ3) is 10.3. The van der Waals surface area contributed by atoms with Crippen molar-refractivity contribution in [3.8, 4) is 0 Å². The largest absolute Gasteiger partial charge is 0.511 e. The van der Waals surface area contributed by atoms with Crippen LogP contribution in [0.15, 0.2) is 78.9 Å². The summed E-state index contributed by atoms with van der Waals surface area (Å²) in [4.78, 5) is 46.3. The number of likely N-dealkylation sites (N-methyl/N-ethyl adjacent to an activating group) is 1. The monoisotopic (exact) mass is 636 g/mol. The maximum Gasteiger partial charge on any atom is 0.511 e. The summed E-state index contributed by atoms with van der Waals surface area (Å²) in [5, 5.41) is 22.1. The standard InChI is InChI=1S/C33H40N4O9/c1-36(22-27-8-4-2-5-9-27,23-28-10-14-30(15-11-28)34(40)41)20-21-44-33(39)46-26-45-32(38)25-37(18-6-3-7-19-37)24-29-12-16-31(17-13-29)35(42)43/h2,4-5,8-17H,3,6-7,18-26H2,1H3/q+2. The van der Waals surface area contributed by atoms with Gasteiger partial charge in [-0.15, -0.1) is 0 Å². The lowest BCUT2D eigenvalue weighted by molar-refractivity contribution is -0.938. The second-order valence-electron chi connectivity index (χ2n) is 12.0. The topological polar surface area (TPSA) is 148 Å². The first-order chi connectivity index (χ1) is 22.0. The molecule has 0 N–H and O–H groups in total. The van der Waals surface area contributed by atoms with Crippen molar-refractivity contribution in [2.24, 2.45) is 0 Å². The molecule has 1 fully saturated rings. The number of ether oxygens (including phenoxy) is 3. The van der Waals surface area contributed by atoms with Gasteiger partial charge in [0.25, 0.3) is 11.4 Å². The zero-order chi connectivity index (χ0) is 33.0. The molecule has 244 valence electrons. The Morgan fingerprint density at radius 2 is 1.28 bits per heavy atom. The minimum atomic E-state index is -0.956. The van der Waals surface area contributed by atoms with Crippen LogP contribution >= 0.6 is 0 Å². The third-order valence-electron chi connectivity index (χ3n) is 8.26. The van der Waals surface area contributed by atoms with Gasteiger partial charge in [-0.3, -0.25) is 20.2 Å². The second kappa shape index (κ2) is 15.9. The zero-order valence-electron chi connectivity index (χ0n) is 26.0. The summed E-state index contributed by atoms with van der Waals surface area (Å²) in [6.07, 6.45) is 2.02. The van der Waals surface area contributed by atoms with Crippen LogP contribution in [0.1, 0.15) is 36.0 Å². The summed E-state index contributed by atoms with van der Waals surface area (Å²) in [7, 11) is 2.01. The van der Waals surface area contributed by atoms with E-state index in [9.17, 15) is 29.8 Å². The van der Waals surface area contributed by atoms with Crippen LogP contribution in [0.3, 0.4) is 0 Å². The molecular weight excluding hydrogens is 596 g/mol. The molecule has 3 aromatic rings. The molecule has 3 aromatic carbocycles. The summed E-state index contributed by atoms with van der Waals surface area (Å²) in [5.74, 6) is -0.508. The molecule has 0 amide bonds. The lowest BCUT2D eigenvalue weighted by Gasteiger charge is -2.40. The molecule has 0 aromatic heterocycles. The molecule has 1 unspecified atom stereocenters. The Morgan fingerprint density at radius 3 is 1.85 bits per heavy atom. The van der Waals surface area contributed by atoms with E-state index in [1.807, 2.05) is 37.4 Å².